The van der Waals surface area contributed by atoms with E-state index in [0.29, 0.717) is 15.5 Å². The van der Waals surface area contributed by atoms with E-state index in [1.807, 2.05) is 0 Å². The van der Waals surface area contributed by atoms with E-state index in [9.17, 15) is 17.3 Å². The van der Waals surface area contributed by atoms with Gasteiger partial charge in [0.05, 0.1) is 0 Å². The molecule has 30 heavy (non-hydrogen) atoms. The molecule has 0 N–H and O–H groups in total. The Hall–Kier alpha value is 0.748. The molecule has 0 nitrogen and oxygen atoms in total. The van der Waals surface area contributed by atoms with Gasteiger partial charge in [-0.05, 0) is 53.7 Å². The van der Waals surface area contributed by atoms with Crippen LogP contribution in [0.4, 0.5) is 17.3 Å². The molecule has 0 amide bonds. The summed E-state index contributed by atoms with van der Waals surface area (Å²) in [6.07, 6.45) is 14.0. The van der Waals surface area contributed by atoms with Crippen LogP contribution in [0.5, 0.6) is 0 Å². The summed E-state index contributed by atoms with van der Waals surface area (Å²) in [5.74, 6) is 1.46. The van der Waals surface area contributed by atoms with Crippen molar-refractivity contribution in [3.8, 4) is 0 Å². The summed E-state index contributed by atoms with van der Waals surface area (Å²) < 4.78 is 39.0. The van der Waals surface area contributed by atoms with E-state index in [2.05, 4.69) is 93.3 Å². The van der Waals surface area contributed by atoms with Gasteiger partial charge in [0.15, 0.2) is 0 Å². The second-order valence-corrected chi connectivity index (χ2v) is 17.8. The van der Waals surface area contributed by atoms with Gasteiger partial charge in [0.2, 0.25) is 0 Å². The van der Waals surface area contributed by atoms with Crippen LogP contribution in [0, 0.1) is 0 Å². The van der Waals surface area contributed by atoms with Crippen molar-refractivity contribution in [2.24, 2.45) is 0 Å². The SMILES string of the molecule is C1=CCC/C=C\CC1.CP(CP(C(C)(C)C)C(C)(C)C)C(C)(C)C.F[B-](F)(F)F.[Rh]. The molecule has 0 fully saturated rings. The number of hydrogen-bond acceptors (Lipinski definition) is 0. The monoisotopic (exact) mass is 560 g/mol. The third kappa shape index (κ3) is 23.4. The standard InChI is InChI=1S/C14H32P2.C8H12.BF4.Rh/c1-12(2,3)15(10)11-16(13(4,5)6)14(7,8)9;1-2-4-6-8-7-5-3-1;2-1(3,4)5;/h11H2,1-10H3;1-2,7-8H,3-6H2;;/q;;-1;/b;2-1-,8-7?;;. The molecule has 1 unspecified atom stereocenters. The first-order valence-corrected chi connectivity index (χ1v) is 13.9. The molecule has 1 atom stereocenters. The van der Waals surface area contributed by atoms with Crippen molar-refractivity contribution >= 4 is 23.1 Å². The third-order valence-electron chi connectivity index (χ3n) is 4.45. The summed E-state index contributed by atoms with van der Waals surface area (Å²) in [7, 11) is -5.78. The Morgan fingerprint density at radius 1 is 0.633 bits per heavy atom. The zero-order valence-corrected chi connectivity index (χ0v) is 24.1. The van der Waals surface area contributed by atoms with Crippen LogP contribution >= 0.6 is 15.8 Å². The van der Waals surface area contributed by atoms with Crippen LogP contribution in [0.15, 0.2) is 24.3 Å². The summed E-state index contributed by atoms with van der Waals surface area (Å²) in [5.41, 5.74) is 0. The zero-order valence-electron chi connectivity index (χ0n) is 20.7. The van der Waals surface area contributed by atoms with Gasteiger partial charge in [0.1, 0.15) is 0 Å². The van der Waals surface area contributed by atoms with Crippen LogP contribution in [0.2, 0.25) is 0 Å². The van der Waals surface area contributed by atoms with Crippen molar-refractivity contribution in [3.63, 3.8) is 0 Å². The van der Waals surface area contributed by atoms with E-state index in [-0.39, 0.29) is 35.3 Å². The van der Waals surface area contributed by atoms with Crippen LogP contribution in [0.25, 0.3) is 0 Å². The Bertz CT molecular complexity index is 441. The van der Waals surface area contributed by atoms with Crippen LogP contribution in [0.3, 0.4) is 0 Å². The van der Waals surface area contributed by atoms with Gasteiger partial charge in [0, 0.05) is 19.5 Å². The van der Waals surface area contributed by atoms with E-state index in [1.54, 1.807) is 0 Å². The molecule has 0 aromatic carbocycles. The Morgan fingerprint density at radius 3 is 1.03 bits per heavy atom. The van der Waals surface area contributed by atoms with Crippen LogP contribution in [0.1, 0.15) is 88.0 Å². The maximum Gasteiger partial charge on any atom is 0.673 e. The molecular formula is C22H44BF4P2Rh-. The molecule has 0 saturated carbocycles. The second kappa shape index (κ2) is 15.6. The summed E-state index contributed by atoms with van der Waals surface area (Å²) in [6.45, 7) is 24.2. The Balaban J connectivity index is -0.000000431. The van der Waals surface area contributed by atoms with Crippen molar-refractivity contribution in [1.29, 1.82) is 0 Å². The van der Waals surface area contributed by atoms with Gasteiger partial charge >= 0.3 is 7.25 Å². The van der Waals surface area contributed by atoms with E-state index in [1.165, 1.54) is 31.6 Å². The molecule has 8 heteroatoms. The molecule has 1 rings (SSSR count). The van der Waals surface area contributed by atoms with Gasteiger partial charge in [-0.2, -0.15) is 0 Å². The predicted molar refractivity (Wildman–Crippen MR) is 131 cm³/mol. The van der Waals surface area contributed by atoms with Gasteiger partial charge in [-0.3, -0.25) is 0 Å². The Labute approximate surface area is 199 Å². The fourth-order valence-electron chi connectivity index (χ4n) is 2.71. The first-order valence-electron chi connectivity index (χ1n) is 10.4. The average molecular weight is 560 g/mol. The molecule has 1 radical (unpaired) electrons. The molecule has 0 aromatic heterocycles. The maximum absolute atomic E-state index is 9.75. The van der Waals surface area contributed by atoms with Crippen LogP contribution in [-0.2, 0) is 19.5 Å². The Kier molecular flexibility index (Phi) is 18.3. The largest absolute Gasteiger partial charge is 0.673 e. The summed E-state index contributed by atoms with van der Waals surface area (Å²) in [4.78, 5) is 0. The van der Waals surface area contributed by atoms with Crippen molar-refractivity contribution in [2.45, 2.75) is 103 Å². The van der Waals surface area contributed by atoms with Gasteiger partial charge in [-0.1, -0.05) is 102 Å². The van der Waals surface area contributed by atoms with Crippen molar-refractivity contribution < 1.29 is 36.7 Å². The second-order valence-electron chi connectivity index (χ2n) is 10.4. The zero-order chi connectivity index (χ0) is 23.5. The first kappa shape index (κ1) is 35.3. The molecule has 1 aliphatic carbocycles. The van der Waals surface area contributed by atoms with E-state index >= 15 is 0 Å². The molecule has 1 aliphatic rings. The number of hydrogen-bond donors (Lipinski definition) is 0. The van der Waals surface area contributed by atoms with Crippen LogP contribution < -0.4 is 0 Å². The fourth-order valence-corrected chi connectivity index (χ4v) is 11.5. The minimum absolute atomic E-state index is 0. The Morgan fingerprint density at radius 2 is 0.867 bits per heavy atom. The van der Waals surface area contributed by atoms with Gasteiger partial charge in [-0.25, -0.2) is 0 Å². The molecule has 0 spiro atoms. The van der Waals surface area contributed by atoms with Crippen molar-refractivity contribution in [3.05, 3.63) is 24.3 Å². The summed E-state index contributed by atoms with van der Waals surface area (Å²) in [5, 5.41) is 1.47. The molecule has 0 bridgehead atoms. The number of rotatable bonds is 2. The fraction of sp³-hybridized carbons (Fsp3) is 0.818. The molecule has 0 saturated heterocycles. The normalized spacial score (nSPS) is 17.3. The van der Waals surface area contributed by atoms with E-state index in [0.717, 1.165) is 0 Å². The third-order valence-corrected chi connectivity index (χ3v) is 12.8. The molecular weight excluding hydrogens is 516 g/mol. The summed E-state index contributed by atoms with van der Waals surface area (Å²) in [6, 6.07) is 0. The smallest absolute Gasteiger partial charge is 0.418 e. The quantitative estimate of drug-likeness (QED) is 0.137. The van der Waals surface area contributed by atoms with Gasteiger partial charge in [0.25, 0.3) is 0 Å². The average Bonchev–Trinajstić information content (AvgIpc) is 2.38. The van der Waals surface area contributed by atoms with E-state index in [4.69, 9.17) is 0 Å². The molecule has 183 valence electrons. The molecule has 0 aliphatic heterocycles. The number of halogens is 4. The topological polar surface area (TPSA) is 0 Å². The maximum atomic E-state index is 9.75. The first-order chi connectivity index (χ1) is 12.8. The summed E-state index contributed by atoms with van der Waals surface area (Å²) >= 11 is 0. The van der Waals surface area contributed by atoms with E-state index < -0.39 is 7.25 Å². The van der Waals surface area contributed by atoms with Gasteiger partial charge < -0.3 is 17.3 Å². The molecule has 0 aromatic rings. The molecule has 0 heterocycles. The minimum atomic E-state index is -6.00. The van der Waals surface area contributed by atoms with Gasteiger partial charge in [-0.15, -0.1) is 0 Å². The predicted octanol–water partition coefficient (Wildman–Crippen LogP) is 9.90. The number of allylic oxidation sites excluding steroid dienone is 4. The van der Waals surface area contributed by atoms with Crippen molar-refractivity contribution in [1.82, 2.24) is 0 Å². The minimum Gasteiger partial charge on any atom is -0.418 e. The van der Waals surface area contributed by atoms with Crippen molar-refractivity contribution in [2.75, 3.05) is 12.6 Å². The van der Waals surface area contributed by atoms with Crippen LogP contribution in [-0.4, -0.2) is 35.3 Å².